The minimum Gasteiger partial charge on any atom is -0.492 e. The van der Waals surface area contributed by atoms with E-state index in [-0.39, 0.29) is 111 Å². The van der Waals surface area contributed by atoms with Crippen molar-refractivity contribution < 1.29 is 84.7 Å². The number of nitrogens with one attached hydrogen (secondary N) is 6. The highest BCUT2D eigenvalue weighted by Gasteiger charge is 2.43. The molecule has 15 rings (SSSR count). The van der Waals surface area contributed by atoms with E-state index >= 15 is 0 Å². The van der Waals surface area contributed by atoms with Crippen LogP contribution in [0.3, 0.4) is 0 Å². The van der Waals surface area contributed by atoms with Crippen LogP contribution in [0.4, 0.5) is 30.2 Å². The Hall–Kier alpha value is -10.5. The highest BCUT2D eigenvalue weighted by Crippen LogP contribution is 2.37. The fourth-order valence-electron chi connectivity index (χ4n) is 14.5. The molecule has 0 saturated carbocycles. The van der Waals surface area contributed by atoms with Crippen molar-refractivity contribution in [2.45, 2.75) is 95.9 Å². The summed E-state index contributed by atoms with van der Waals surface area (Å²) in [6.07, 6.45) is 1.51. The zero-order valence-electron chi connectivity index (χ0n) is 59.8. The lowest BCUT2D eigenvalue weighted by Gasteiger charge is -2.29. The number of ether oxygens (including phenoxy) is 6. The zero-order valence-corrected chi connectivity index (χ0v) is 59.8. The molecule has 108 heavy (non-hydrogen) atoms. The Morgan fingerprint density at radius 1 is 0.380 bits per heavy atom. The molecule has 3 atom stereocenters. The molecule has 6 aromatic rings. The van der Waals surface area contributed by atoms with Gasteiger partial charge in [-0.3, -0.25) is 73.8 Å². The molecule has 9 aliphatic rings. The number of benzene rings is 6. The van der Waals surface area contributed by atoms with E-state index < -0.39 is 35.8 Å². The Kier molecular flexibility index (Phi) is 24.9. The van der Waals surface area contributed by atoms with Gasteiger partial charge in [-0.15, -0.1) is 0 Å². The first-order chi connectivity index (χ1) is 52.5. The summed E-state index contributed by atoms with van der Waals surface area (Å²) in [5.74, 6) is -2.31. The third-order valence-corrected chi connectivity index (χ3v) is 20.5. The predicted molar refractivity (Wildman–Crippen MR) is 387 cm³/mol. The van der Waals surface area contributed by atoms with E-state index in [2.05, 4.69) is 46.6 Å². The molecule has 6 N–H and O–H groups in total. The van der Waals surface area contributed by atoms with Gasteiger partial charge in [-0.2, -0.15) is 0 Å². The summed E-state index contributed by atoms with van der Waals surface area (Å²) < 4.78 is 77.3. The Morgan fingerprint density at radius 2 is 0.657 bits per heavy atom. The second-order valence-corrected chi connectivity index (χ2v) is 27.4. The van der Waals surface area contributed by atoms with Gasteiger partial charge in [0.1, 0.15) is 72.6 Å². The van der Waals surface area contributed by atoms with Gasteiger partial charge in [-0.1, -0.05) is 18.2 Å². The van der Waals surface area contributed by atoms with Gasteiger partial charge < -0.3 is 59.1 Å². The number of morpholine rings is 3. The summed E-state index contributed by atoms with van der Waals surface area (Å²) in [6.45, 7) is 14.9. The molecule has 0 aromatic heterocycles. The standard InChI is InChI=1S/3C26H29FN4O5/c3*27-21-5-4-18(36-13-10-30-8-11-35-12-9-30)14-17(21)15-28-22-3-1-2-19-20(22)16-31(26(19)34)23-6-7-24(32)29-25(23)33/h3*1-5,14,23,28H,6-13,15-16H2,(H,29,32,33)/t2*23-;/m10./s1. The van der Waals surface area contributed by atoms with Gasteiger partial charge in [0.15, 0.2) is 0 Å². The van der Waals surface area contributed by atoms with Gasteiger partial charge in [0.25, 0.3) is 17.7 Å². The van der Waals surface area contributed by atoms with Crippen LogP contribution in [-0.4, -0.2) is 219 Å². The average molecular weight is 1490 g/mol. The van der Waals surface area contributed by atoms with Crippen molar-refractivity contribution in [2.24, 2.45) is 0 Å². The van der Waals surface area contributed by atoms with Crippen LogP contribution < -0.4 is 46.1 Å². The Balaban J connectivity index is 0.000000143. The smallest absolute Gasteiger partial charge is 0.255 e. The number of amides is 9. The number of fused-ring (bicyclic) bond motifs is 3. The maximum Gasteiger partial charge on any atom is 0.255 e. The van der Waals surface area contributed by atoms with Gasteiger partial charge in [-0.05, 0) is 110 Å². The van der Waals surface area contributed by atoms with E-state index in [1.165, 1.54) is 32.9 Å². The van der Waals surface area contributed by atoms with Crippen LogP contribution in [0, 0.1) is 17.5 Å². The van der Waals surface area contributed by atoms with Crippen molar-refractivity contribution in [3.63, 3.8) is 0 Å². The van der Waals surface area contributed by atoms with Crippen molar-refractivity contribution in [2.75, 3.05) is 134 Å². The highest BCUT2D eigenvalue weighted by molar-refractivity contribution is 6.08. The van der Waals surface area contributed by atoms with Crippen LogP contribution in [0.5, 0.6) is 17.2 Å². The van der Waals surface area contributed by atoms with E-state index in [1.54, 1.807) is 72.8 Å². The van der Waals surface area contributed by atoms with E-state index in [0.29, 0.717) is 107 Å². The highest BCUT2D eigenvalue weighted by atomic mass is 19.1. The molecule has 9 amide bonds. The molecule has 6 fully saturated rings. The van der Waals surface area contributed by atoms with Gasteiger partial charge in [-0.25, -0.2) is 13.2 Å². The van der Waals surface area contributed by atoms with Gasteiger partial charge >= 0.3 is 0 Å². The van der Waals surface area contributed by atoms with Crippen LogP contribution in [0.25, 0.3) is 0 Å². The SMILES string of the molecule is O=C1CCC(N2Cc3c(NCc4cc(OCCN5CCOCC5)ccc4F)cccc3C2=O)C(=O)N1.O=C1CC[C@@H](N2Cc3c(NCc4cc(OCCN5CCOCC5)ccc4F)cccc3C2=O)C(=O)N1.O=C1CC[C@H](N2Cc3c(NCc4cc(OCCN5CCOCC5)ccc4F)cccc3C2=O)C(=O)N1. The lowest BCUT2D eigenvalue weighted by Crippen LogP contribution is -2.52. The number of anilines is 3. The number of piperidine rings is 3. The Bertz CT molecular complexity index is 3930. The summed E-state index contributed by atoms with van der Waals surface area (Å²) in [4.78, 5) is 122. The second kappa shape index (κ2) is 35.5. The topological polar surface area (TPSA) is 301 Å². The minimum absolute atomic E-state index is 0.200. The van der Waals surface area contributed by atoms with Gasteiger partial charge in [0.2, 0.25) is 35.4 Å². The number of carbonyl (C=O) groups excluding carboxylic acids is 9. The molecular weight excluding hydrogens is 1400 g/mol. The molecule has 6 aromatic carbocycles. The van der Waals surface area contributed by atoms with Gasteiger partial charge in [0.05, 0.1) is 39.6 Å². The molecule has 570 valence electrons. The van der Waals surface area contributed by atoms with E-state index in [4.69, 9.17) is 28.4 Å². The van der Waals surface area contributed by atoms with Crippen molar-refractivity contribution >= 4 is 70.2 Å². The first-order valence-electron chi connectivity index (χ1n) is 36.6. The monoisotopic (exact) mass is 1490 g/mol. The summed E-state index contributed by atoms with van der Waals surface area (Å²) in [7, 11) is 0. The average Bonchev–Trinajstić information content (AvgIpc) is 1.64. The largest absolute Gasteiger partial charge is 0.492 e. The second-order valence-electron chi connectivity index (χ2n) is 27.4. The third kappa shape index (κ3) is 18.5. The van der Waals surface area contributed by atoms with E-state index in [1.807, 2.05) is 18.2 Å². The molecule has 9 heterocycles. The summed E-state index contributed by atoms with van der Waals surface area (Å²) >= 11 is 0. The van der Waals surface area contributed by atoms with Gasteiger partial charge in [0, 0.05) is 185 Å². The van der Waals surface area contributed by atoms with Crippen LogP contribution in [-0.2, 0) is 82.2 Å². The van der Waals surface area contributed by atoms with E-state index in [9.17, 15) is 56.3 Å². The predicted octanol–water partition coefficient (Wildman–Crippen LogP) is 5.73. The normalized spacial score (nSPS) is 20.3. The quantitative estimate of drug-likeness (QED) is 0.0394. The minimum atomic E-state index is -0.681. The Labute approximate surface area is 621 Å². The van der Waals surface area contributed by atoms with Crippen LogP contribution in [0.2, 0.25) is 0 Å². The van der Waals surface area contributed by atoms with Crippen LogP contribution in [0.1, 0.15) is 103 Å². The molecule has 0 radical (unpaired) electrons. The zero-order chi connectivity index (χ0) is 75.2. The van der Waals surface area contributed by atoms with Crippen molar-refractivity contribution in [1.29, 1.82) is 0 Å². The fourth-order valence-corrected chi connectivity index (χ4v) is 14.5. The number of rotatable bonds is 24. The number of imide groups is 3. The summed E-state index contributed by atoms with van der Waals surface area (Å²) in [5, 5.41) is 16.7. The lowest BCUT2D eigenvalue weighted by molar-refractivity contribution is -0.138. The molecule has 9 aliphatic heterocycles. The molecule has 0 aliphatic carbocycles. The maximum atomic E-state index is 14.5. The first-order valence-corrected chi connectivity index (χ1v) is 36.6. The van der Waals surface area contributed by atoms with Crippen molar-refractivity contribution in [1.82, 2.24) is 45.3 Å². The molecule has 6 saturated heterocycles. The molecular formula is C78H87F3N12O15. The number of carbonyl (C=O) groups is 9. The third-order valence-electron chi connectivity index (χ3n) is 20.5. The number of hydrogen-bond donors (Lipinski definition) is 6. The Morgan fingerprint density at radius 3 is 0.926 bits per heavy atom. The molecule has 0 spiro atoms. The van der Waals surface area contributed by atoms with Crippen molar-refractivity contribution in [3.8, 4) is 17.2 Å². The van der Waals surface area contributed by atoms with E-state index in [0.717, 1.165) is 115 Å². The lowest BCUT2D eigenvalue weighted by atomic mass is 10.0. The first kappa shape index (κ1) is 75.7. The van der Waals surface area contributed by atoms with Crippen molar-refractivity contribution in [3.05, 3.63) is 177 Å². The molecule has 1 unspecified atom stereocenters. The number of hydrogen-bond acceptors (Lipinski definition) is 21. The fraction of sp³-hybridized carbons (Fsp3) is 0.423. The maximum absolute atomic E-state index is 14.5. The number of halogens is 3. The summed E-state index contributed by atoms with van der Waals surface area (Å²) in [5.41, 5.74) is 7.23. The molecule has 0 bridgehead atoms. The summed E-state index contributed by atoms with van der Waals surface area (Å²) in [6, 6.07) is 28.0. The molecule has 30 heteroatoms. The van der Waals surface area contributed by atoms with Crippen LogP contribution in [0.15, 0.2) is 109 Å². The van der Waals surface area contributed by atoms with Crippen LogP contribution >= 0.6 is 0 Å². The molecule has 27 nitrogen and oxygen atoms in total. The number of nitrogens with zero attached hydrogens (tertiary/aromatic N) is 6.